The molecule has 1 aromatic carbocycles. The second kappa shape index (κ2) is 6.85. The van der Waals surface area contributed by atoms with E-state index in [-0.39, 0.29) is 0 Å². The van der Waals surface area contributed by atoms with E-state index in [1.165, 1.54) is 12.0 Å². The molecule has 0 radical (unpaired) electrons. The molecule has 0 saturated carbocycles. The molecular weight excluding hydrogens is 256 g/mol. The lowest BCUT2D eigenvalue weighted by molar-refractivity contribution is 0.414. The van der Waals surface area contributed by atoms with Gasteiger partial charge in [-0.15, -0.1) is 0 Å². The van der Waals surface area contributed by atoms with E-state index in [4.69, 9.17) is 4.74 Å². The summed E-state index contributed by atoms with van der Waals surface area (Å²) in [5.41, 5.74) is 1.18. The molecule has 1 aliphatic heterocycles. The highest BCUT2D eigenvalue weighted by molar-refractivity contribution is 8.14. The number of nitrogens with one attached hydrogen (secondary N) is 1. The average Bonchev–Trinajstić information content (AvgIpc) is 2.83. The van der Waals surface area contributed by atoms with E-state index >= 15 is 0 Å². The number of thioether (sulfide) groups is 1. The fraction of sp³-hybridized carbons (Fsp3) is 0.533. The highest BCUT2D eigenvalue weighted by atomic mass is 32.2. The molecule has 104 valence electrons. The number of ether oxygens (including phenoxy) is 1. The van der Waals surface area contributed by atoms with Gasteiger partial charge in [-0.05, 0) is 30.0 Å². The normalized spacial score (nSPS) is 20.8. The van der Waals surface area contributed by atoms with E-state index < -0.39 is 0 Å². The van der Waals surface area contributed by atoms with Crippen LogP contribution in [0.1, 0.15) is 25.8 Å². The molecule has 0 aromatic heterocycles. The van der Waals surface area contributed by atoms with Gasteiger partial charge in [0.1, 0.15) is 5.75 Å². The molecule has 4 heteroatoms. The number of rotatable bonds is 5. The highest BCUT2D eigenvalue weighted by Crippen LogP contribution is 2.20. The first kappa shape index (κ1) is 14.3. The molecule has 1 saturated heterocycles. The largest absolute Gasteiger partial charge is 0.497 e. The molecule has 1 aliphatic rings. The second-order valence-corrected chi connectivity index (χ2v) is 6.26. The molecular formula is C15H22N2OS. The van der Waals surface area contributed by atoms with Crippen LogP contribution in [-0.4, -0.2) is 24.1 Å². The standard InChI is InChI=1S/C15H22N2OS/c1-11(2)7-13-10-19-15(17-13)16-9-12-5-4-6-14(8-12)18-3/h4-6,8,11,13H,7,9-10H2,1-3H3,(H,16,17). The van der Waals surface area contributed by atoms with Crippen molar-refractivity contribution in [1.29, 1.82) is 0 Å². The van der Waals surface area contributed by atoms with Gasteiger partial charge in [0.2, 0.25) is 0 Å². The van der Waals surface area contributed by atoms with Gasteiger partial charge in [-0.25, -0.2) is 0 Å². The van der Waals surface area contributed by atoms with Crippen LogP contribution in [-0.2, 0) is 6.54 Å². The van der Waals surface area contributed by atoms with Gasteiger partial charge in [-0.1, -0.05) is 37.7 Å². The van der Waals surface area contributed by atoms with Crippen molar-refractivity contribution >= 4 is 16.9 Å². The third kappa shape index (κ3) is 4.46. The number of nitrogens with zero attached hydrogens (tertiary/aromatic N) is 1. The average molecular weight is 278 g/mol. The predicted molar refractivity (Wildman–Crippen MR) is 83.0 cm³/mol. The van der Waals surface area contributed by atoms with Crippen molar-refractivity contribution in [2.45, 2.75) is 32.9 Å². The van der Waals surface area contributed by atoms with Gasteiger partial charge in [-0.2, -0.15) is 0 Å². The Kier molecular flexibility index (Phi) is 5.14. The Hall–Kier alpha value is -1.16. The quantitative estimate of drug-likeness (QED) is 0.897. The van der Waals surface area contributed by atoms with Gasteiger partial charge >= 0.3 is 0 Å². The van der Waals surface area contributed by atoms with E-state index in [9.17, 15) is 0 Å². The van der Waals surface area contributed by atoms with Crippen molar-refractivity contribution in [3.8, 4) is 5.75 Å². The zero-order valence-electron chi connectivity index (χ0n) is 11.8. The van der Waals surface area contributed by atoms with Crippen LogP contribution >= 0.6 is 11.8 Å². The number of hydrogen-bond donors (Lipinski definition) is 1. The van der Waals surface area contributed by atoms with Gasteiger partial charge in [-0.3, -0.25) is 4.99 Å². The highest BCUT2D eigenvalue weighted by Gasteiger charge is 2.20. The summed E-state index contributed by atoms with van der Waals surface area (Å²) in [5, 5.41) is 4.58. The van der Waals surface area contributed by atoms with E-state index in [0.29, 0.717) is 12.6 Å². The fourth-order valence-corrected chi connectivity index (χ4v) is 3.14. The van der Waals surface area contributed by atoms with Crippen LogP contribution in [0.5, 0.6) is 5.75 Å². The molecule has 0 bridgehead atoms. The van der Waals surface area contributed by atoms with Gasteiger partial charge in [0.25, 0.3) is 0 Å². The maximum absolute atomic E-state index is 5.22. The molecule has 1 atom stereocenters. The Morgan fingerprint density at radius 3 is 3.05 bits per heavy atom. The third-order valence-corrected chi connectivity index (χ3v) is 4.13. The molecule has 0 aliphatic carbocycles. The fourth-order valence-electron chi connectivity index (χ4n) is 2.16. The number of hydrogen-bond acceptors (Lipinski definition) is 3. The topological polar surface area (TPSA) is 33.6 Å². The summed E-state index contributed by atoms with van der Waals surface area (Å²) in [6.45, 7) is 5.23. The van der Waals surface area contributed by atoms with Crippen LogP contribution in [0.15, 0.2) is 29.3 Å². The van der Waals surface area contributed by atoms with Crippen molar-refractivity contribution in [3.05, 3.63) is 29.8 Å². The number of methoxy groups -OCH3 is 1. The van der Waals surface area contributed by atoms with Crippen LogP contribution in [0.2, 0.25) is 0 Å². The Balaban J connectivity index is 1.89. The molecule has 19 heavy (non-hydrogen) atoms. The van der Waals surface area contributed by atoms with Crippen LogP contribution in [0.3, 0.4) is 0 Å². The number of amidine groups is 1. The molecule has 1 fully saturated rings. The zero-order valence-corrected chi connectivity index (χ0v) is 12.7. The minimum atomic E-state index is 0.578. The summed E-state index contributed by atoms with van der Waals surface area (Å²) < 4.78 is 5.22. The van der Waals surface area contributed by atoms with Crippen LogP contribution in [0.4, 0.5) is 0 Å². The molecule has 1 N–H and O–H groups in total. The van der Waals surface area contributed by atoms with E-state index in [1.54, 1.807) is 7.11 Å². The summed E-state index contributed by atoms with van der Waals surface area (Å²) >= 11 is 1.83. The molecule has 0 spiro atoms. The number of aliphatic imine (C=N–C) groups is 1. The van der Waals surface area contributed by atoms with Gasteiger partial charge in [0.15, 0.2) is 5.17 Å². The molecule has 1 unspecified atom stereocenters. The Morgan fingerprint density at radius 2 is 2.32 bits per heavy atom. The minimum absolute atomic E-state index is 0.578. The summed E-state index contributed by atoms with van der Waals surface area (Å²) in [7, 11) is 1.69. The maximum Gasteiger partial charge on any atom is 0.157 e. The Bertz CT molecular complexity index is 446. The van der Waals surface area contributed by atoms with Crippen LogP contribution in [0.25, 0.3) is 0 Å². The Labute approximate surface area is 119 Å². The van der Waals surface area contributed by atoms with E-state index in [2.05, 4.69) is 30.2 Å². The van der Waals surface area contributed by atoms with Crippen molar-refractivity contribution in [1.82, 2.24) is 5.32 Å². The first-order valence-electron chi connectivity index (χ1n) is 6.74. The summed E-state index contributed by atoms with van der Waals surface area (Å²) in [5.74, 6) is 2.76. The lowest BCUT2D eigenvalue weighted by Crippen LogP contribution is -2.28. The molecule has 0 amide bonds. The van der Waals surface area contributed by atoms with Crippen LogP contribution < -0.4 is 10.1 Å². The molecule has 1 heterocycles. The zero-order chi connectivity index (χ0) is 13.7. The van der Waals surface area contributed by atoms with Crippen LogP contribution in [0, 0.1) is 5.92 Å². The van der Waals surface area contributed by atoms with Crippen molar-refractivity contribution in [2.24, 2.45) is 10.9 Å². The van der Waals surface area contributed by atoms with Gasteiger partial charge < -0.3 is 10.1 Å². The van der Waals surface area contributed by atoms with E-state index in [0.717, 1.165) is 22.6 Å². The first-order valence-corrected chi connectivity index (χ1v) is 7.72. The lowest BCUT2D eigenvalue weighted by atomic mass is 10.1. The number of benzene rings is 1. The van der Waals surface area contributed by atoms with Crippen molar-refractivity contribution in [3.63, 3.8) is 0 Å². The van der Waals surface area contributed by atoms with Crippen molar-refractivity contribution < 1.29 is 4.74 Å². The molecule has 1 aromatic rings. The third-order valence-electron chi connectivity index (χ3n) is 3.04. The molecule has 3 nitrogen and oxygen atoms in total. The van der Waals surface area contributed by atoms with Crippen molar-refractivity contribution in [2.75, 3.05) is 12.9 Å². The lowest BCUT2D eigenvalue weighted by Gasteiger charge is -2.11. The summed E-state index contributed by atoms with van der Waals surface area (Å²) in [6.07, 6.45) is 1.21. The van der Waals surface area contributed by atoms with Gasteiger partial charge in [0, 0.05) is 11.8 Å². The predicted octanol–water partition coefficient (Wildman–Crippen LogP) is 3.30. The second-order valence-electron chi connectivity index (χ2n) is 5.25. The Morgan fingerprint density at radius 1 is 1.47 bits per heavy atom. The van der Waals surface area contributed by atoms with Gasteiger partial charge in [0.05, 0.1) is 13.7 Å². The molecule has 2 rings (SSSR count). The minimum Gasteiger partial charge on any atom is -0.497 e. The SMILES string of the molecule is COc1cccc(CN=C2NC(CC(C)C)CS2)c1. The maximum atomic E-state index is 5.22. The smallest absolute Gasteiger partial charge is 0.157 e. The summed E-state index contributed by atoms with van der Waals surface area (Å²) in [6, 6.07) is 8.66. The first-order chi connectivity index (χ1) is 9.17. The monoisotopic (exact) mass is 278 g/mol. The summed E-state index contributed by atoms with van der Waals surface area (Å²) in [4.78, 5) is 4.64. The van der Waals surface area contributed by atoms with E-state index in [1.807, 2.05) is 30.0 Å².